The number of rotatable bonds is 9. The van der Waals surface area contributed by atoms with Gasteiger partial charge in [-0.3, -0.25) is 19.6 Å². The molecule has 170 valence electrons. The van der Waals surface area contributed by atoms with E-state index in [-0.39, 0.29) is 19.0 Å². The van der Waals surface area contributed by atoms with Crippen LogP contribution in [0.2, 0.25) is 0 Å². The zero-order valence-electron chi connectivity index (χ0n) is 17.6. The first kappa shape index (κ1) is 23.4. The number of amides is 3. The molecule has 10 heteroatoms. The van der Waals surface area contributed by atoms with Crippen LogP contribution in [0.15, 0.2) is 72.9 Å². The predicted octanol–water partition coefficient (Wildman–Crippen LogP) is 1.36. The third-order valence-electron chi connectivity index (χ3n) is 4.71. The van der Waals surface area contributed by atoms with E-state index >= 15 is 0 Å². The van der Waals surface area contributed by atoms with Gasteiger partial charge < -0.3 is 21.7 Å². The molecule has 2 aromatic carbocycles. The summed E-state index contributed by atoms with van der Waals surface area (Å²) in [6.07, 6.45) is 1.64. The maximum atomic E-state index is 12.3. The van der Waals surface area contributed by atoms with Crippen LogP contribution in [0.25, 0.3) is 11.1 Å². The summed E-state index contributed by atoms with van der Waals surface area (Å²) in [5, 5.41) is 16.9. The molecule has 0 radical (unpaired) electrons. The third kappa shape index (κ3) is 6.60. The lowest BCUT2D eigenvalue weighted by molar-refractivity contribution is -0.130. The van der Waals surface area contributed by atoms with Crippen LogP contribution < -0.4 is 27.2 Å². The highest BCUT2D eigenvalue weighted by molar-refractivity contribution is 5.98. The highest BCUT2D eigenvalue weighted by Crippen LogP contribution is 2.22. The Morgan fingerprint density at radius 3 is 2.18 bits per heavy atom. The Balaban J connectivity index is 1.56. The van der Waals surface area contributed by atoms with E-state index in [9.17, 15) is 14.4 Å². The monoisotopic (exact) mass is 448 g/mol. The van der Waals surface area contributed by atoms with Crippen LogP contribution in [0.3, 0.4) is 0 Å². The van der Waals surface area contributed by atoms with Crippen molar-refractivity contribution < 1.29 is 19.6 Å². The minimum Gasteiger partial charge on any atom is -0.361 e. The zero-order chi connectivity index (χ0) is 23.6. The Morgan fingerprint density at radius 1 is 0.939 bits per heavy atom. The van der Waals surface area contributed by atoms with Gasteiger partial charge in [0.25, 0.3) is 11.8 Å². The zero-order valence-corrected chi connectivity index (χ0v) is 17.6. The molecule has 33 heavy (non-hydrogen) atoms. The number of nitrogens with zero attached hydrogens (tertiary/aromatic N) is 1. The van der Waals surface area contributed by atoms with Crippen molar-refractivity contribution >= 4 is 29.2 Å². The number of carbonyl (C=O) groups excluding carboxylic acids is 3. The summed E-state index contributed by atoms with van der Waals surface area (Å²) in [4.78, 5) is 40.0. The highest BCUT2D eigenvalue weighted by atomic mass is 16.5. The lowest BCUT2D eigenvalue weighted by atomic mass is 10.0. The Labute approximate surface area is 190 Å². The largest absolute Gasteiger partial charge is 0.361 e. The van der Waals surface area contributed by atoms with Crippen molar-refractivity contribution in [3.8, 4) is 11.1 Å². The first-order valence-corrected chi connectivity index (χ1v) is 10.1. The average molecular weight is 448 g/mol. The molecule has 0 bridgehead atoms. The molecule has 3 aromatic rings. The van der Waals surface area contributed by atoms with Gasteiger partial charge in [0.05, 0.1) is 6.54 Å². The number of hydroxylamine groups is 1. The average Bonchev–Trinajstić information content (AvgIpc) is 2.86. The first-order valence-electron chi connectivity index (χ1n) is 10.1. The lowest BCUT2D eigenvalue weighted by Crippen LogP contribution is -2.50. The van der Waals surface area contributed by atoms with Crippen molar-refractivity contribution in [1.29, 1.82) is 0 Å². The van der Waals surface area contributed by atoms with E-state index in [4.69, 9.17) is 10.9 Å². The molecule has 0 unspecified atom stereocenters. The van der Waals surface area contributed by atoms with Crippen LogP contribution >= 0.6 is 0 Å². The molecule has 0 saturated carbocycles. The van der Waals surface area contributed by atoms with Crippen molar-refractivity contribution in [2.75, 3.05) is 23.7 Å². The maximum absolute atomic E-state index is 12.3. The van der Waals surface area contributed by atoms with Gasteiger partial charge in [0.15, 0.2) is 0 Å². The number of hydrogen-bond acceptors (Lipinski definition) is 7. The van der Waals surface area contributed by atoms with Crippen LogP contribution in [-0.2, 0) is 9.59 Å². The molecule has 10 nitrogen and oxygen atoms in total. The number of pyridine rings is 1. The number of nitrogens with two attached hydrogens (primary N) is 1. The number of nitrogens with one attached hydrogen (secondary N) is 4. The second kappa shape index (κ2) is 11.4. The Morgan fingerprint density at radius 2 is 1.61 bits per heavy atom. The Kier molecular flexibility index (Phi) is 8.06. The number of hydrogen-bond donors (Lipinski definition) is 6. The number of aromatic nitrogens is 1. The summed E-state index contributed by atoms with van der Waals surface area (Å²) in [5.74, 6) is -0.857. The van der Waals surface area contributed by atoms with E-state index in [1.807, 2.05) is 18.2 Å². The lowest BCUT2D eigenvalue weighted by Gasteiger charge is -2.14. The van der Waals surface area contributed by atoms with Crippen molar-refractivity contribution in [3.63, 3.8) is 0 Å². The first-order chi connectivity index (χ1) is 16.0. The molecular weight excluding hydrogens is 424 g/mol. The van der Waals surface area contributed by atoms with Gasteiger partial charge in [-0.1, -0.05) is 30.3 Å². The fourth-order valence-electron chi connectivity index (χ4n) is 2.95. The molecule has 0 fully saturated rings. The van der Waals surface area contributed by atoms with E-state index in [1.54, 1.807) is 54.7 Å². The van der Waals surface area contributed by atoms with Crippen molar-refractivity contribution in [2.45, 2.75) is 6.04 Å². The normalized spacial score (nSPS) is 11.2. The molecule has 0 saturated heterocycles. The molecule has 0 aliphatic heterocycles. The van der Waals surface area contributed by atoms with E-state index < -0.39 is 17.9 Å². The summed E-state index contributed by atoms with van der Waals surface area (Å²) >= 11 is 0. The van der Waals surface area contributed by atoms with Crippen LogP contribution in [0.4, 0.5) is 11.5 Å². The number of benzene rings is 2. The molecule has 3 amide bonds. The second-order valence-corrected chi connectivity index (χ2v) is 7.01. The molecule has 1 aromatic heterocycles. The van der Waals surface area contributed by atoms with Crippen LogP contribution in [-0.4, -0.2) is 47.0 Å². The molecule has 0 aliphatic carbocycles. The minimum atomic E-state index is -1.04. The van der Waals surface area contributed by atoms with Crippen molar-refractivity contribution in [2.24, 2.45) is 5.73 Å². The van der Waals surface area contributed by atoms with Gasteiger partial charge in [-0.25, -0.2) is 10.5 Å². The number of anilines is 2. The van der Waals surface area contributed by atoms with E-state index in [0.29, 0.717) is 17.1 Å². The second-order valence-electron chi connectivity index (χ2n) is 7.01. The topological polar surface area (TPSA) is 158 Å². The summed E-state index contributed by atoms with van der Waals surface area (Å²) in [6, 6.07) is 18.4. The van der Waals surface area contributed by atoms with E-state index in [1.165, 1.54) is 5.48 Å². The van der Waals surface area contributed by atoms with Gasteiger partial charge in [-0.2, -0.15) is 0 Å². The molecule has 1 heterocycles. The maximum Gasteiger partial charge on any atom is 0.267 e. The van der Waals surface area contributed by atoms with E-state index in [0.717, 1.165) is 11.1 Å². The van der Waals surface area contributed by atoms with Gasteiger partial charge in [-0.15, -0.1) is 0 Å². The fourth-order valence-corrected chi connectivity index (χ4v) is 2.95. The third-order valence-corrected chi connectivity index (χ3v) is 4.71. The molecule has 3 rings (SSSR count). The fraction of sp³-hybridized carbons (Fsp3) is 0.130. The SMILES string of the molecule is NC[C@H](NC(=O)c1ccc(-c2ccc(NC(=O)CNc3ccccn3)cc2)cc1)C(=O)NO. The molecule has 7 N–H and O–H groups in total. The molecule has 0 spiro atoms. The van der Waals surface area contributed by atoms with Gasteiger partial charge in [-0.05, 0) is 47.5 Å². The van der Waals surface area contributed by atoms with Crippen LogP contribution in [0.1, 0.15) is 10.4 Å². The van der Waals surface area contributed by atoms with E-state index in [2.05, 4.69) is 20.9 Å². The Bertz CT molecular complexity index is 1090. The van der Waals surface area contributed by atoms with Crippen molar-refractivity contribution in [1.82, 2.24) is 15.8 Å². The van der Waals surface area contributed by atoms with Gasteiger partial charge >= 0.3 is 0 Å². The Hall–Kier alpha value is -4.28. The summed E-state index contributed by atoms with van der Waals surface area (Å²) in [6.45, 7) is -0.0639. The van der Waals surface area contributed by atoms with Gasteiger partial charge in [0.2, 0.25) is 5.91 Å². The van der Waals surface area contributed by atoms with Crippen LogP contribution in [0, 0.1) is 0 Å². The van der Waals surface area contributed by atoms with Gasteiger partial charge in [0, 0.05) is 24.0 Å². The van der Waals surface area contributed by atoms with Gasteiger partial charge in [0.1, 0.15) is 11.9 Å². The molecule has 1 atom stereocenters. The quantitative estimate of drug-likeness (QED) is 0.213. The molecule has 0 aliphatic rings. The summed E-state index contributed by atoms with van der Waals surface area (Å²) in [5.41, 5.74) is 9.66. The minimum absolute atomic E-state index is 0.0905. The standard InChI is InChI=1S/C23H24N6O4/c24-13-19(23(32)29-33)28-22(31)17-6-4-15(5-7-17)16-8-10-18(11-9-16)27-21(30)14-26-20-3-1-2-12-25-20/h1-12,19,33H,13-14,24H2,(H,25,26)(H,27,30)(H,28,31)(H,29,32)/t19-/m0/s1. The number of carbonyl (C=O) groups is 3. The van der Waals surface area contributed by atoms with Crippen molar-refractivity contribution in [3.05, 3.63) is 78.5 Å². The summed E-state index contributed by atoms with van der Waals surface area (Å²) in [7, 11) is 0. The summed E-state index contributed by atoms with van der Waals surface area (Å²) < 4.78 is 0. The molecular formula is C23H24N6O4. The smallest absolute Gasteiger partial charge is 0.267 e. The van der Waals surface area contributed by atoms with Crippen LogP contribution in [0.5, 0.6) is 0 Å². The highest BCUT2D eigenvalue weighted by Gasteiger charge is 2.19. The predicted molar refractivity (Wildman–Crippen MR) is 123 cm³/mol.